The van der Waals surface area contributed by atoms with Gasteiger partial charge in [-0.2, -0.15) is 0 Å². The Labute approximate surface area is 378 Å². The molecule has 0 spiro atoms. The van der Waals surface area contributed by atoms with E-state index in [0.29, 0.717) is 0 Å². The third-order valence-corrected chi connectivity index (χ3v) is 13.7. The predicted octanol–water partition coefficient (Wildman–Crippen LogP) is 14.8. The van der Waals surface area contributed by atoms with E-state index in [-0.39, 0.29) is 23.0 Å². The van der Waals surface area contributed by atoms with Gasteiger partial charge in [0.1, 0.15) is 11.2 Å². The van der Waals surface area contributed by atoms with Crippen LogP contribution in [0.15, 0.2) is 161 Å². The van der Waals surface area contributed by atoms with Crippen molar-refractivity contribution in [3.05, 3.63) is 174 Å². The van der Waals surface area contributed by atoms with Crippen molar-refractivity contribution in [1.82, 2.24) is 0 Å². The van der Waals surface area contributed by atoms with Gasteiger partial charge in [0.05, 0.1) is 12.5 Å². The Balaban J connectivity index is 1.23. The summed E-state index contributed by atoms with van der Waals surface area (Å²) in [6.07, 6.45) is 3.83. The monoisotopic (exact) mass is 834 g/mol. The summed E-state index contributed by atoms with van der Waals surface area (Å²) >= 11 is 0. The number of aryl methyl sites for hydroxylation is 1. The summed E-state index contributed by atoms with van der Waals surface area (Å²) in [6, 6.07) is 52.3. The molecule has 9 aromatic rings. The minimum absolute atomic E-state index is 0.000152. The lowest BCUT2D eigenvalue weighted by molar-refractivity contribution is 0.590. The maximum Gasteiger partial charge on any atom is 0.252 e. The smallest absolute Gasteiger partial charge is 0.252 e. The predicted molar refractivity (Wildman–Crippen MR) is 272 cm³/mol. The summed E-state index contributed by atoms with van der Waals surface area (Å²) in [5.74, 6) is 0. The molecule has 0 saturated carbocycles. The average Bonchev–Trinajstić information content (AvgIpc) is 3.90. The number of benzene rings is 7. The SMILES string of the molecule is Cc1cc2c3c(c1)N(c1cc(-c4coc5ccccc45)cc(-c4coc5ccccc45)c1)c1ccc(C(C)(C)C)cc1B3c1cc(C(C)(C)C)ccc1N2c1ccc(C(C)(C)C)cc1. The topological polar surface area (TPSA) is 32.8 Å². The first-order chi connectivity index (χ1) is 30.5. The van der Waals surface area contributed by atoms with E-state index in [1.807, 2.05) is 36.8 Å². The Morgan fingerprint density at radius 2 is 0.859 bits per heavy atom. The van der Waals surface area contributed by atoms with Gasteiger partial charge in [0.25, 0.3) is 6.71 Å². The fraction of sp³-hybridized carbons (Fsp3) is 0.220. The normalized spacial score (nSPS) is 13.7. The Morgan fingerprint density at radius 1 is 0.422 bits per heavy atom. The highest BCUT2D eigenvalue weighted by Gasteiger charge is 2.44. The summed E-state index contributed by atoms with van der Waals surface area (Å²) < 4.78 is 12.4. The van der Waals surface area contributed by atoms with E-state index >= 15 is 0 Å². The van der Waals surface area contributed by atoms with Crippen molar-refractivity contribution < 1.29 is 8.83 Å². The van der Waals surface area contributed by atoms with Crippen LogP contribution in [0.1, 0.15) is 84.6 Å². The van der Waals surface area contributed by atoms with Gasteiger partial charge in [-0.1, -0.05) is 135 Å². The molecule has 0 bridgehead atoms. The third kappa shape index (κ3) is 6.42. The number of nitrogens with zero attached hydrogens (tertiary/aromatic N) is 2. The summed E-state index contributed by atoms with van der Waals surface area (Å²) in [6.45, 7) is 23.1. The van der Waals surface area contributed by atoms with E-state index in [9.17, 15) is 0 Å². The van der Waals surface area contributed by atoms with Crippen molar-refractivity contribution in [1.29, 1.82) is 0 Å². The summed E-state index contributed by atoms with van der Waals surface area (Å²) in [5.41, 5.74) is 22.2. The number of hydrogen-bond acceptors (Lipinski definition) is 4. The molecule has 5 heteroatoms. The second kappa shape index (κ2) is 14.1. The van der Waals surface area contributed by atoms with Crippen LogP contribution in [0.25, 0.3) is 44.2 Å². The number of anilines is 6. The molecule has 0 N–H and O–H groups in total. The van der Waals surface area contributed by atoms with Crippen molar-refractivity contribution >= 4 is 79.2 Å². The Bertz CT molecular complexity index is 3220. The van der Waals surface area contributed by atoms with Gasteiger partial charge in [-0.15, -0.1) is 0 Å². The minimum atomic E-state index is -0.0560. The van der Waals surface area contributed by atoms with Crippen molar-refractivity contribution in [3.8, 4) is 22.3 Å². The molecule has 4 heterocycles. The van der Waals surface area contributed by atoms with Crippen LogP contribution in [0, 0.1) is 6.92 Å². The van der Waals surface area contributed by atoms with Gasteiger partial charge >= 0.3 is 0 Å². The van der Waals surface area contributed by atoms with Crippen molar-refractivity contribution in [3.63, 3.8) is 0 Å². The highest BCUT2D eigenvalue weighted by Crippen LogP contribution is 2.48. The zero-order chi connectivity index (χ0) is 44.4. The first-order valence-electron chi connectivity index (χ1n) is 22.8. The molecular weight excluding hydrogens is 779 g/mol. The van der Waals surface area contributed by atoms with Gasteiger partial charge in [-0.25, -0.2) is 0 Å². The number of hydrogen-bond donors (Lipinski definition) is 0. The molecular formula is C59H55BN2O2. The lowest BCUT2D eigenvalue weighted by atomic mass is 9.33. The van der Waals surface area contributed by atoms with E-state index < -0.39 is 0 Å². The quantitative estimate of drug-likeness (QED) is 0.165. The highest BCUT2D eigenvalue weighted by molar-refractivity contribution is 7.00. The largest absolute Gasteiger partial charge is 0.464 e. The third-order valence-electron chi connectivity index (χ3n) is 13.7. The summed E-state index contributed by atoms with van der Waals surface area (Å²) in [4.78, 5) is 5.07. The van der Waals surface area contributed by atoms with Gasteiger partial charge in [-0.3, -0.25) is 0 Å². The fourth-order valence-corrected chi connectivity index (χ4v) is 10.2. The number of furan rings is 2. The molecule has 0 radical (unpaired) electrons. The number of para-hydroxylation sites is 2. The molecule has 0 amide bonds. The highest BCUT2D eigenvalue weighted by atomic mass is 16.3. The molecule has 2 aliphatic rings. The summed E-state index contributed by atoms with van der Waals surface area (Å²) in [7, 11) is 0. The van der Waals surface area contributed by atoms with Crippen molar-refractivity contribution in [2.75, 3.05) is 9.80 Å². The number of rotatable bonds is 4. The molecule has 0 aliphatic carbocycles. The molecule has 0 saturated heterocycles. The van der Waals surface area contributed by atoms with Crippen molar-refractivity contribution in [2.24, 2.45) is 0 Å². The van der Waals surface area contributed by atoms with Crippen molar-refractivity contribution in [2.45, 2.75) is 85.5 Å². The minimum Gasteiger partial charge on any atom is -0.464 e. The van der Waals surface area contributed by atoms with Crippen LogP contribution in [-0.2, 0) is 16.2 Å². The lowest BCUT2D eigenvalue weighted by Crippen LogP contribution is -2.61. The van der Waals surface area contributed by atoms with Crippen LogP contribution in [0.3, 0.4) is 0 Å². The first-order valence-corrected chi connectivity index (χ1v) is 22.8. The molecule has 64 heavy (non-hydrogen) atoms. The van der Waals surface area contributed by atoms with Crippen LogP contribution >= 0.6 is 0 Å². The van der Waals surface area contributed by atoms with Crippen LogP contribution in [-0.4, -0.2) is 6.71 Å². The maximum absolute atomic E-state index is 6.22. The van der Waals surface area contributed by atoms with Crippen LogP contribution < -0.4 is 26.2 Å². The van der Waals surface area contributed by atoms with E-state index in [2.05, 4.69) is 194 Å². The van der Waals surface area contributed by atoms with E-state index in [4.69, 9.17) is 8.83 Å². The summed E-state index contributed by atoms with van der Waals surface area (Å²) in [5, 5.41) is 2.17. The zero-order valence-corrected chi connectivity index (χ0v) is 38.7. The van der Waals surface area contributed by atoms with Gasteiger partial charge in [-0.05, 0) is 140 Å². The molecule has 7 aromatic carbocycles. The van der Waals surface area contributed by atoms with Gasteiger partial charge in [0.15, 0.2) is 0 Å². The van der Waals surface area contributed by atoms with Crippen LogP contribution in [0.2, 0.25) is 0 Å². The average molecular weight is 835 g/mol. The zero-order valence-electron chi connectivity index (χ0n) is 38.7. The molecule has 2 aromatic heterocycles. The standard InChI is InChI=1S/C59H55BN2O2/c1-36-27-52-56-53(28-36)62(43-30-37(46-34-63-54-17-13-11-15-44(46)54)29-38(31-43)47-35-64-55-18-14-12-16-45(47)55)51-26-22-41(59(8,9)10)33-49(51)60(56)48-32-40(58(5,6)7)21-25-50(48)61(52)42-23-19-39(20-24-42)57(2,3)4/h11-35H,1-10H3. The fourth-order valence-electron chi connectivity index (χ4n) is 10.2. The van der Waals surface area contributed by atoms with E-state index in [1.165, 1.54) is 61.4 Å². The molecule has 0 fully saturated rings. The van der Waals surface area contributed by atoms with E-state index in [1.54, 1.807) is 0 Å². The molecule has 0 atom stereocenters. The van der Waals surface area contributed by atoms with Gasteiger partial charge in [0.2, 0.25) is 0 Å². The van der Waals surface area contributed by atoms with Crippen LogP contribution in [0.5, 0.6) is 0 Å². The van der Waals surface area contributed by atoms with Gasteiger partial charge < -0.3 is 18.6 Å². The molecule has 316 valence electrons. The maximum atomic E-state index is 6.22. The first kappa shape index (κ1) is 40.1. The molecule has 0 unspecified atom stereocenters. The molecule has 2 aliphatic heterocycles. The van der Waals surface area contributed by atoms with Gasteiger partial charge in [0, 0.05) is 56.0 Å². The second-order valence-corrected chi connectivity index (χ2v) is 21.2. The molecule has 4 nitrogen and oxygen atoms in total. The van der Waals surface area contributed by atoms with Crippen LogP contribution in [0.4, 0.5) is 34.1 Å². The molecule has 11 rings (SSSR count). The lowest BCUT2D eigenvalue weighted by Gasteiger charge is -2.45. The second-order valence-electron chi connectivity index (χ2n) is 21.2. The Morgan fingerprint density at radius 3 is 1.33 bits per heavy atom. The Hall–Kier alpha value is -6.72. The van der Waals surface area contributed by atoms with E-state index in [0.717, 1.165) is 55.6 Å². The number of fused-ring (bicyclic) bond motifs is 6. The Kier molecular flexibility index (Phi) is 8.86.